The summed E-state index contributed by atoms with van der Waals surface area (Å²) in [5.74, 6) is 0.00590. The van der Waals surface area contributed by atoms with E-state index in [0.29, 0.717) is 18.3 Å². The molecule has 1 N–H and O–H groups in total. The van der Waals surface area contributed by atoms with E-state index in [1.54, 1.807) is 0 Å². The molecule has 1 aliphatic rings. The number of nitrogens with zero attached hydrogens (tertiary/aromatic N) is 2. The lowest BCUT2D eigenvalue weighted by atomic mass is 10.0. The minimum absolute atomic E-state index is 0.00590. The van der Waals surface area contributed by atoms with E-state index >= 15 is 0 Å². The van der Waals surface area contributed by atoms with Gasteiger partial charge in [0.25, 0.3) is 0 Å². The summed E-state index contributed by atoms with van der Waals surface area (Å²) < 4.78 is 5.28. The molecule has 0 spiro atoms. The number of likely N-dealkylation sites (tertiary alicyclic amines) is 1. The third-order valence-corrected chi connectivity index (χ3v) is 4.69. The van der Waals surface area contributed by atoms with Gasteiger partial charge in [0.1, 0.15) is 5.69 Å². The zero-order valence-electron chi connectivity index (χ0n) is 14.0. The van der Waals surface area contributed by atoms with Gasteiger partial charge in [-0.15, -0.1) is 0 Å². The van der Waals surface area contributed by atoms with E-state index in [9.17, 15) is 4.79 Å². The number of nitrogens with one attached hydrogen (secondary N) is 1. The Labute approximate surface area is 137 Å². The first-order valence-electron chi connectivity index (χ1n) is 8.49. The Morgan fingerprint density at radius 1 is 1.43 bits per heavy atom. The van der Waals surface area contributed by atoms with Crippen LogP contribution in [0.2, 0.25) is 0 Å². The van der Waals surface area contributed by atoms with Crippen LogP contribution in [0.1, 0.15) is 37.4 Å². The Kier molecular flexibility index (Phi) is 4.96. The van der Waals surface area contributed by atoms with Crippen LogP contribution in [-0.2, 0) is 11.2 Å². The van der Waals surface area contributed by atoms with E-state index in [-0.39, 0.29) is 12.3 Å². The van der Waals surface area contributed by atoms with Gasteiger partial charge in [-0.1, -0.05) is 23.2 Å². The van der Waals surface area contributed by atoms with Crippen LogP contribution in [0.25, 0.3) is 11.0 Å². The van der Waals surface area contributed by atoms with Crippen molar-refractivity contribution in [3.05, 3.63) is 29.5 Å². The van der Waals surface area contributed by atoms with E-state index in [1.165, 1.54) is 19.3 Å². The van der Waals surface area contributed by atoms with Gasteiger partial charge in [-0.2, -0.15) is 0 Å². The smallest absolute Gasteiger partial charge is 0.226 e. The van der Waals surface area contributed by atoms with Crippen molar-refractivity contribution in [1.29, 1.82) is 0 Å². The summed E-state index contributed by atoms with van der Waals surface area (Å²) in [6.07, 6.45) is 4.12. The minimum Gasteiger partial charge on any atom is -0.356 e. The predicted molar refractivity (Wildman–Crippen MR) is 90.3 cm³/mol. The summed E-state index contributed by atoms with van der Waals surface area (Å²) in [4.78, 5) is 14.6. The number of hydrogen-bond donors (Lipinski definition) is 1. The third-order valence-electron chi connectivity index (χ3n) is 4.69. The number of hydrogen-bond acceptors (Lipinski definition) is 4. The summed E-state index contributed by atoms with van der Waals surface area (Å²) in [7, 11) is 0. The van der Waals surface area contributed by atoms with Crippen molar-refractivity contribution in [3.63, 3.8) is 0 Å². The number of aryl methyl sites for hydroxylation is 1. The highest BCUT2D eigenvalue weighted by Crippen LogP contribution is 2.20. The summed E-state index contributed by atoms with van der Waals surface area (Å²) in [5, 5.41) is 7.98. The van der Waals surface area contributed by atoms with Crippen molar-refractivity contribution in [3.8, 4) is 0 Å². The highest BCUT2D eigenvalue weighted by atomic mass is 16.5. The lowest BCUT2D eigenvalue weighted by Crippen LogP contribution is -2.42. The Hall–Kier alpha value is -1.88. The van der Waals surface area contributed by atoms with Crippen LogP contribution in [-0.4, -0.2) is 41.6 Å². The lowest BCUT2D eigenvalue weighted by molar-refractivity contribution is -0.120. The average molecular weight is 315 g/mol. The molecule has 5 heteroatoms. The first kappa shape index (κ1) is 16.0. The first-order chi connectivity index (χ1) is 11.1. The maximum absolute atomic E-state index is 12.2. The molecule has 1 atom stereocenters. The van der Waals surface area contributed by atoms with E-state index in [1.807, 2.05) is 25.1 Å². The molecule has 2 aromatic rings. The van der Waals surface area contributed by atoms with Crippen LogP contribution in [0.3, 0.4) is 0 Å². The van der Waals surface area contributed by atoms with Gasteiger partial charge in [0.2, 0.25) is 5.91 Å². The molecule has 0 aliphatic carbocycles. The van der Waals surface area contributed by atoms with Crippen LogP contribution in [0.5, 0.6) is 0 Å². The third kappa shape index (κ3) is 3.91. The molecule has 0 radical (unpaired) electrons. The molecule has 1 fully saturated rings. The van der Waals surface area contributed by atoms with Gasteiger partial charge >= 0.3 is 0 Å². The second-order valence-corrected chi connectivity index (χ2v) is 6.54. The summed E-state index contributed by atoms with van der Waals surface area (Å²) in [6.45, 7) is 7.05. The van der Waals surface area contributed by atoms with Crippen molar-refractivity contribution in [1.82, 2.24) is 15.4 Å². The Morgan fingerprint density at radius 3 is 3.13 bits per heavy atom. The molecule has 23 heavy (non-hydrogen) atoms. The van der Waals surface area contributed by atoms with Gasteiger partial charge in [-0.05, 0) is 45.4 Å². The molecular weight excluding hydrogens is 290 g/mol. The number of benzene rings is 1. The topological polar surface area (TPSA) is 58.4 Å². The number of rotatable bonds is 5. The summed E-state index contributed by atoms with van der Waals surface area (Å²) in [5.41, 5.74) is 2.59. The highest BCUT2D eigenvalue weighted by molar-refractivity contribution is 5.86. The SMILES string of the molecule is Cc1ccc2onc(CC(=O)NCCN3CCCC[C@@H]3C)c2c1. The molecule has 0 unspecified atom stereocenters. The predicted octanol–water partition coefficient (Wildman–Crippen LogP) is 2.67. The van der Waals surface area contributed by atoms with Gasteiger partial charge in [0.15, 0.2) is 5.58 Å². The molecule has 124 valence electrons. The first-order valence-corrected chi connectivity index (χ1v) is 8.49. The fourth-order valence-electron chi connectivity index (χ4n) is 3.27. The largest absolute Gasteiger partial charge is 0.356 e. The quantitative estimate of drug-likeness (QED) is 0.921. The van der Waals surface area contributed by atoms with Gasteiger partial charge in [0.05, 0.1) is 6.42 Å². The van der Waals surface area contributed by atoms with Crippen LogP contribution in [0.4, 0.5) is 0 Å². The van der Waals surface area contributed by atoms with E-state index in [2.05, 4.69) is 22.3 Å². The maximum Gasteiger partial charge on any atom is 0.226 e. The van der Waals surface area contributed by atoms with Crippen molar-refractivity contribution >= 4 is 16.9 Å². The Morgan fingerprint density at radius 2 is 2.30 bits per heavy atom. The molecule has 1 amide bonds. The normalized spacial score (nSPS) is 19.1. The van der Waals surface area contributed by atoms with E-state index < -0.39 is 0 Å². The molecule has 5 nitrogen and oxygen atoms in total. The second-order valence-electron chi connectivity index (χ2n) is 6.54. The summed E-state index contributed by atoms with van der Waals surface area (Å²) in [6, 6.07) is 6.53. The zero-order valence-corrected chi connectivity index (χ0v) is 14.0. The molecule has 1 aromatic heterocycles. The molecule has 2 heterocycles. The Bertz CT molecular complexity index is 680. The van der Waals surface area contributed by atoms with Gasteiger partial charge in [-0.3, -0.25) is 9.69 Å². The zero-order chi connectivity index (χ0) is 16.2. The van der Waals surface area contributed by atoms with Gasteiger partial charge in [0, 0.05) is 24.5 Å². The number of amides is 1. The maximum atomic E-state index is 12.2. The number of carbonyl (C=O) groups is 1. The monoisotopic (exact) mass is 315 g/mol. The molecule has 1 aliphatic heterocycles. The van der Waals surface area contributed by atoms with Crippen molar-refractivity contribution in [2.45, 2.75) is 45.6 Å². The standard InChI is InChI=1S/C18H25N3O2/c1-13-6-7-17-15(11-13)16(20-23-17)12-18(22)19-8-10-21-9-4-3-5-14(21)2/h6-7,11,14H,3-5,8-10,12H2,1-2H3,(H,19,22)/t14-/m0/s1. The van der Waals surface area contributed by atoms with E-state index in [4.69, 9.17) is 4.52 Å². The molecule has 0 saturated carbocycles. The average Bonchev–Trinajstić information content (AvgIpc) is 2.91. The fourth-order valence-corrected chi connectivity index (χ4v) is 3.27. The molecule has 3 rings (SSSR count). The van der Waals surface area contributed by atoms with Crippen molar-refractivity contribution < 1.29 is 9.32 Å². The minimum atomic E-state index is 0.00590. The number of piperidine rings is 1. The van der Waals surface area contributed by atoms with Crippen LogP contribution >= 0.6 is 0 Å². The highest BCUT2D eigenvalue weighted by Gasteiger charge is 2.18. The van der Waals surface area contributed by atoms with Crippen LogP contribution < -0.4 is 5.32 Å². The lowest BCUT2D eigenvalue weighted by Gasteiger charge is -2.33. The fraction of sp³-hybridized carbons (Fsp3) is 0.556. The molecular formula is C18H25N3O2. The van der Waals surface area contributed by atoms with Crippen molar-refractivity contribution in [2.75, 3.05) is 19.6 Å². The molecule has 1 aromatic carbocycles. The van der Waals surface area contributed by atoms with Crippen molar-refractivity contribution in [2.24, 2.45) is 0 Å². The molecule has 0 bridgehead atoms. The van der Waals surface area contributed by atoms with Crippen LogP contribution in [0.15, 0.2) is 22.7 Å². The summed E-state index contributed by atoms with van der Waals surface area (Å²) >= 11 is 0. The van der Waals surface area contributed by atoms with Gasteiger partial charge < -0.3 is 9.84 Å². The molecule has 1 saturated heterocycles. The number of aromatic nitrogens is 1. The van der Waals surface area contributed by atoms with Gasteiger partial charge in [-0.25, -0.2) is 0 Å². The second kappa shape index (κ2) is 7.13. The Balaban J connectivity index is 1.51. The number of carbonyl (C=O) groups excluding carboxylic acids is 1. The van der Waals surface area contributed by atoms with Crippen LogP contribution in [0, 0.1) is 6.92 Å². The number of fused-ring (bicyclic) bond motifs is 1. The van der Waals surface area contributed by atoms with E-state index in [0.717, 1.165) is 29.6 Å².